The van der Waals surface area contributed by atoms with E-state index in [1.807, 2.05) is 94.1 Å². The first-order valence-corrected chi connectivity index (χ1v) is 25.9. The Balaban J connectivity index is 0.000000441. The molecule has 0 amide bonds. The van der Waals surface area contributed by atoms with E-state index in [0.717, 1.165) is 51.0 Å². The van der Waals surface area contributed by atoms with Gasteiger partial charge in [-0.3, -0.25) is 0 Å². The van der Waals surface area contributed by atoms with Gasteiger partial charge in [0.1, 0.15) is 13.2 Å². The van der Waals surface area contributed by atoms with Crippen LogP contribution in [0.2, 0.25) is 0 Å². The average Bonchev–Trinajstić information content (AvgIpc) is 3.61. The molecule has 0 aliphatic carbocycles. The van der Waals surface area contributed by atoms with Gasteiger partial charge < -0.3 is 9.47 Å². The summed E-state index contributed by atoms with van der Waals surface area (Å²) in [5.74, 6) is 1.95. The molecule has 5 aliphatic heterocycles. The predicted octanol–water partition coefficient (Wildman–Crippen LogP) is 14.3. The number of thioether (sulfide) groups is 8. The van der Waals surface area contributed by atoms with E-state index in [2.05, 4.69) is 70.7 Å². The Labute approximate surface area is 325 Å². The predicted molar refractivity (Wildman–Crippen MR) is 204 cm³/mol. The first kappa shape index (κ1) is 46.6. The van der Waals surface area contributed by atoms with Gasteiger partial charge in [0.05, 0.1) is 38.6 Å². The molecular formula is C26H30F12N2O2P2S8. The van der Waals surface area contributed by atoms with Crippen LogP contribution in [0.3, 0.4) is 0 Å². The van der Waals surface area contributed by atoms with Crippen molar-refractivity contribution in [2.75, 3.05) is 50.4 Å². The molecule has 26 heteroatoms. The molecule has 2 aromatic heterocycles. The van der Waals surface area contributed by atoms with Crippen LogP contribution in [-0.2, 0) is 22.6 Å². The maximum atomic E-state index is 9.87. The molecule has 7 rings (SSSR count). The quantitative estimate of drug-likeness (QED) is 0.165. The zero-order valence-corrected chi connectivity index (χ0v) is 35.0. The number of halogens is 12. The van der Waals surface area contributed by atoms with Gasteiger partial charge in [0.2, 0.25) is 0 Å². The molecule has 2 aromatic rings. The number of pyridine rings is 2. The maximum absolute atomic E-state index is 10.7. The van der Waals surface area contributed by atoms with Gasteiger partial charge in [0, 0.05) is 35.8 Å². The first-order chi connectivity index (χ1) is 23.6. The van der Waals surface area contributed by atoms with Crippen molar-refractivity contribution in [3.63, 3.8) is 0 Å². The van der Waals surface area contributed by atoms with Gasteiger partial charge in [-0.25, -0.2) is 9.13 Å². The van der Waals surface area contributed by atoms with Crippen molar-refractivity contribution in [2.45, 2.75) is 13.1 Å². The van der Waals surface area contributed by atoms with E-state index in [1.165, 1.54) is 36.5 Å². The molecule has 0 spiro atoms. The molecule has 0 saturated carbocycles. The Kier molecular flexibility index (Phi) is 15.6. The van der Waals surface area contributed by atoms with Crippen LogP contribution in [-0.4, -0.2) is 50.4 Å². The third kappa shape index (κ3) is 22.1. The Bertz CT molecular complexity index is 1500. The fourth-order valence-corrected chi connectivity index (χ4v) is 14.7. The molecule has 0 unspecified atom stereocenters. The van der Waals surface area contributed by atoms with Crippen LogP contribution >= 0.6 is 110 Å². The van der Waals surface area contributed by atoms with Crippen LogP contribution in [0.15, 0.2) is 74.5 Å². The van der Waals surface area contributed by atoms with Crippen molar-refractivity contribution >= 4 is 110 Å². The second kappa shape index (κ2) is 17.4. The molecule has 0 radical (unpaired) electrons. The molecule has 5 aliphatic rings. The fraction of sp³-hybridized carbons (Fsp3) is 0.385. The molecule has 0 N–H and O–H groups in total. The van der Waals surface area contributed by atoms with Gasteiger partial charge >= 0.3 is 66.0 Å². The van der Waals surface area contributed by atoms with Crippen molar-refractivity contribution in [3.8, 4) is 11.1 Å². The van der Waals surface area contributed by atoms with Crippen LogP contribution < -0.4 is 9.13 Å². The molecule has 0 fully saturated rings. The summed E-state index contributed by atoms with van der Waals surface area (Å²) in [7, 11) is -21.3. The second-order valence-electron chi connectivity index (χ2n) is 10.0. The molecule has 7 heterocycles. The van der Waals surface area contributed by atoms with Crippen molar-refractivity contribution in [2.24, 2.45) is 0 Å². The third-order valence-corrected chi connectivity index (χ3v) is 16.8. The van der Waals surface area contributed by atoms with Gasteiger partial charge in [0.15, 0.2) is 37.9 Å². The van der Waals surface area contributed by atoms with Crippen LogP contribution in [0.5, 0.6) is 0 Å². The summed E-state index contributed by atoms with van der Waals surface area (Å²) in [6.07, 6.45) is 12.9. The van der Waals surface area contributed by atoms with Gasteiger partial charge in [0.25, 0.3) is 0 Å². The number of nitrogens with zero attached hydrogens (tertiary/aromatic N) is 2. The number of hydrogen-bond donors (Lipinski definition) is 0. The van der Waals surface area contributed by atoms with Crippen LogP contribution in [0.25, 0.3) is 11.1 Å². The van der Waals surface area contributed by atoms with E-state index >= 15 is 0 Å². The first-order valence-electron chi connectivity index (χ1n) is 14.2. The van der Waals surface area contributed by atoms with E-state index in [1.54, 1.807) is 0 Å². The van der Waals surface area contributed by atoms with Crippen molar-refractivity contribution in [3.05, 3.63) is 74.5 Å². The van der Waals surface area contributed by atoms with Crippen LogP contribution in [0.4, 0.5) is 50.4 Å². The zero-order valence-electron chi connectivity index (χ0n) is 26.7. The summed E-state index contributed by atoms with van der Waals surface area (Å²) < 4.78 is 143. The third-order valence-electron chi connectivity index (χ3n) is 5.64. The molecular weight excluding hydrogens is 919 g/mol. The van der Waals surface area contributed by atoms with E-state index in [-0.39, 0.29) is 0 Å². The number of rotatable bonds is 2. The standard InChI is InChI=1S/C26H30N2O2S8.2F6P/c1-31-21-23-33-17-15-29-13-11-27-7-3-19(4-8-27)20-5-9-28(10-6-20)12-14-30-16-18-34-24-22(32-2)36-26(38-24)25(35-21)37-23;2*1-7(2,3,4,5)6/h3-10H,11-18H2,1-2H3;;/q+2;2*-1/b26-25+;;. The topological polar surface area (TPSA) is 26.2 Å². The molecule has 4 nitrogen and oxygen atoms in total. The SMILES string of the molecule is CSC1=C2SCCOCC[n+]3ccc(cc3)-c3cc[n+](cc3)CCOCCSC3=C(SC)S/C(=C(/S1)S2)S3.F[P-](F)(F)(F)(F)F.F[P-](F)(F)(F)(F)F. The van der Waals surface area contributed by atoms with Gasteiger partial charge in [-0.2, -0.15) is 0 Å². The molecule has 298 valence electrons. The summed E-state index contributed by atoms with van der Waals surface area (Å²) in [4.78, 5) is 0. The van der Waals surface area contributed by atoms with Gasteiger partial charge in [-0.1, -0.05) is 47.0 Å². The Morgan fingerprint density at radius 2 is 0.808 bits per heavy atom. The summed E-state index contributed by atoms with van der Waals surface area (Å²) >= 11 is 15.3. The van der Waals surface area contributed by atoms with E-state index in [4.69, 9.17) is 9.47 Å². The molecule has 0 aromatic carbocycles. The summed E-state index contributed by atoms with van der Waals surface area (Å²) in [6.45, 7) is 4.69. The van der Waals surface area contributed by atoms with Gasteiger partial charge in [-0.15, -0.1) is 47.0 Å². The number of aromatic nitrogens is 2. The number of hydrogen-bond acceptors (Lipinski definition) is 10. The number of ether oxygens (including phenoxy) is 2. The summed E-state index contributed by atoms with van der Waals surface area (Å²) in [5.41, 5.74) is 2.45. The van der Waals surface area contributed by atoms with Crippen molar-refractivity contribution in [1.29, 1.82) is 0 Å². The van der Waals surface area contributed by atoms with E-state index < -0.39 is 15.6 Å². The summed E-state index contributed by atoms with van der Waals surface area (Å²) in [5, 5.41) is 0. The normalized spacial score (nSPS) is 22.3. The Morgan fingerprint density at radius 3 is 1.10 bits per heavy atom. The Hall–Kier alpha value is 0.260. The molecule has 0 atom stereocenters. The minimum absolute atomic E-state index is 0.723. The van der Waals surface area contributed by atoms with E-state index in [9.17, 15) is 50.4 Å². The number of fused-ring (bicyclic) bond motifs is 2. The Morgan fingerprint density at radius 1 is 0.500 bits per heavy atom. The second-order valence-corrected chi connectivity index (χ2v) is 23.3. The van der Waals surface area contributed by atoms with Crippen molar-refractivity contribution < 1.29 is 69.0 Å². The van der Waals surface area contributed by atoms with Gasteiger partial charge in [-0.05, 0) is 23.6 Å². The monoisotopic (exact) mass is 948 g/mol. The fourth-order valence-electron chi connectivity index (χ4n) is 3.67. The summed E-state index contributed by atoms with van der Waals surface area (Å²) in [6, 6.07) is 8.72. The average molecular weight is 949 g/mol. The van der Waals surface area contributed by atoms with Crippen LogP contribution in [0.1, 0.15) is 0 Å². The molecule has 8 bridgehead atoms. The van der Waals surface area contributed by atoms with Crippen LogP contribution in [0, 0.1) is 0 Å². The zero-order chi connectivity index (χ0) is 39.0. The van der Waals surface area contributed by atoms with Crippen molar-refractivity contribution in [1.82, 2.24) is 0 Å². The molecule has 52 heavy (non-hydrogen) atoms. The minimum atomic E-state index is -10.7. The van der Waals surface area contributed by atoms with E-state index in [0.29, 0.717) is 0 Å². The molecule has 0 saturated heterocycles.